The van der Waals surface area contributed by atoms with Gasteiger partial charge in [-0.05, 0) is 11.6 Å². The number of carbonyl (C=O) groups is 1. The van der Waals surface area contributed by atoms with Crippen molar-refractivity contribution in [2.24, 2.45) is 0 Å². The van der Waals surface area contributed by atoms with Crippen LogP contribution in [-0.2, 0) is 11.3 Å². The highest BCUT2D eigenvalue weighted by atomic mass is 35.5. The molecule has 1 saturated heterocycles. The van der Waals surface area contributed by atoms with Gasteiger partial charge in [0.2, 0.25) is 0 Å². The van der Waals surface area contributed by atoms with Gasteiger partial charge in [0.25, 0.3) is 5.91 Å². The maximum atomic E-state index is 12.6. The summed E-state index contributed by atoms with van der Waals surface area (Å²) in [6.07, 6.45) is -0.0503. The molecular weight excluding hydrogens is 354 g/mol. The molecule has 0 bridgehead atoms. The van der Waals surface area contributed by atoms with Crippen molar-refractivity contribution in [1.82, 2.24) is 10.6 Å². The Morgan fingerprint density at radius 2 is 2.15 bits per heavy atom. The lowest BCUT2D eigenvalue weighted by molar-refractivity contribution is 0.0287. The zero-order chi connectivity index (χ0) is 18.4. The van der Waals surface area contributed by atoms with Gasteiger partial charge in [-0.1, -0.05) is 41.9 Å². The third kappa shape index (κ3) is 4.88. The molecule has 1 aliphatic rings. The highest BCUT2D eigenvalue weighted by Gasteiger charge is 2.19. The monoisotopic (exact) mass is 375 g/mol. The summed E-state index contributed by atoms with van der Waals surface area (Å²) in [5, 5.41) is 6.41. The molecule has 4 N–H and O–H groups in total. The van der Waals surface area contributed by atoms with Crippen LogP contribution < -0.4 is 21.1 Å². The van der Waals surface area contributed by atoms with E-state index in [1.807, 2.05) is 30.3 Å². The number of nitrogens with one attached hydrogen (secondary N) is 2. The van der Waals surface area contributed by atoms with Crippen LogP contribution in [0.3, 0.4) is 0 Å². The fourth-order valence-corrected chi connectivity index (χ4v) is 2.82. The fourth-order valence-electron chi connectivity index (χ4n) is 2.65. The van der Waals surface area contributed by atoms with Crippen LogP contribution in [0.15, 0.2) is 42.5 Å². The van der Waals surface area contributed by atoms with Gasteiger partial charge in [0.05, 0.1) is 29.0 Å². The predicted octanol–water partition coefficient (Wildman–Crippen LogP) is 2.22. The van der Waals surface area contributed by atoms with Gasteiger partial charge in [0.1, 0.15) is 12.4 Å². The number of carbonyl (C=O) groups excluding carboxylic acids is 1. The molecule has 0 saturated carbocycles. The molecule has 0 aliphatic carbocycles. The van der Waals surface area contributed by atoms with Crippen molar-refractivity contribution in [3.8, 4) is 5.75 Å². The molecule has 2 aromatic carbocycles. The molecule has 0 aromatic heterocycles. The number of benzene rings is 2. The van der Waals surface area contributed by atoms with E-state index < -0.39 is 0 Å². The summed E-state index contributed by atoms with van der Waals surface area (Å²) in [6.45, 7) is 2.92. The van der Waals surface area contributed by atoms with Crippen molar-refractivity contribution in [1.29, 1.82) is 0 Å². The number of ether oxygens (including phenoxy) is 2. The normalized spacial score (nSPS) is 16.9. The van der Waals surface area contributed by atoms with Gasteiger partial charge in [0.15, 0.2) is 0 Å². The van der Waals surface area contributed by atoms with Crippen LogP contribution >= 0.6 is 11.6 Å². The first-order valence-corrected chi connectivity index (χ1v) is 8.87. The Bertz CT molecular complexity index is 749. The molecule has 1 aliphatic heterocycles. The Balaban J connectivity index is 1.69. The lowest BCUT2D eigenvalue weighted by Gasteiger charge is -2.24. The largest absolute Gasteiger partial charge is 0.488 e. The molecule has 3 rings (SSSR count). The molecular formula is C19H22ClN3O3. The standard InChI is InChI=1S/C19H22ClN3O3/c20-16-8-15(19(24)23-11-14-10-22-6-7-25-14)18(9-17(16)21)26-12-13-4-2-1-3-5-13/h1-5,8-9,14,22H,6-7,10-12,21H2,(H,23,24). The maximum Gasteiger partial charge on any atom is 0.255 e. The van der Waals surface area contributed by atoms with E-state index in [4.69, 9.17) is 26.8 Å². The van der Waals surface area contributed by atoms with E-state index in [0.717, 1.165) is 12.1 Å². The van der Waals surface area contributed by atoms with Crippen molar-refractivity contribution >= 4 is 23.2 Å². The number of amides is 1. The second-order valence-corrected chi connectivity index (χ2v) is 6.46. The Morgan fingerprint density at radius 1 is 1.35 bits per heavy atom. The van der Waals surface area contributed by atoms with E-state index >= 15 is 0 Å². The van der Waals surface area contributed by atoms with Crippen LogP contribution in [-0.4, -0.2) is 38.3 Å². The van der Waals surface area contributed by atoms with Gasteiger partial charge in [-0.2, -0.15) is 0 Å². The van der Waals surface area contributed by atoms with Crippen molar-refractivity contribution in [3.63, 3.8) is 0 Å². The van der Waals surface area contributed by atoms with Crippen molar-refractivity contribution < 1.29 is 14.3 Å². The maximum absolute atomic E-state index is 12.6. The van der Waals surface area contributed by atoms with Crippen LogP contribution in [0.5, 0.6) is 5.75 Å². The van der Waals surface area contributed by atoms with Gasteiger partial charge in [-0.15, -0.1) is 0 Å². The summed E-state index contributed by atoms with van der Waals surface area (Å²) in [5.41, 5.74) is 7.59. The third-order valence-corrected chi connectivity index (χ3v) is 4.40. The molecule has 1 unspecified atom stereocenters. The summed E-state index contributed by atoms with van der Waals surface area (Å²) >= 11 is 6.10. The van der Waals surface area contributed by atoms with E-state index in [-0.39, 0.29) is 12.0 Å². The second-order valence-electron chi connectivity index (χ2n) is 6.05. The first-order valence-electron chi connectivity index (χ1n) is 8.50. The van der Waals surface area contributed by atoms with Crippen LogP contribution in [0, 0.1) is 0 Å². The summed E-state index contributed by atoms with van der Waals surface area (Å²) < 4.78 is 11.4. The SMILES string of the molecule is Nc1cc(OCc2ccccc2)c(C(=O)NCC2CNCCO2)cc1Cl. The molecule has 7 heteroatoms. The first kappa shape index (κ1) is 18.5. The van der Waals surface area contributed by atoms with Crippen molar-refractivity contribution in [2.75, 3.05) is 32.0 Å². The number of hydrogen-bond acceptors (Lipinski definition) is 5. The lowest BCUT2D eigenvalue weighted by atomic mass is 10.1. The topological polar surface area (TPSA) is 85.6 Å². The van der Waals surface area contributed by atoms with E-state index in [1.54, 1.807) is 6.07 Å². The van der Waals surface area contributed by atoms with Gasteiger partial charge in [-0.3, -0.25) is 4.79 Å². The molecule has 0 spiro atoms. The predicted molar refractivity (Wildman–Crippen MR) is 102 cm³/mol. The quantitative estimate of drug-likeness (QED) is 0.674. The Kier molecular flexibility index (Phi) is 6.33. The minimum absolute atomic E-state index is 0.0503. The lowest BCUT2D eigenvalue weighted by Crippen LogP contribution is -2.45. The molecule has 1 heterocycles. The Hall–Kier alpha value is -2.28. The zero-order valence-corrected chi connectivity index (χ0v) is 15.1. The number of rotatable bonds is 6. The summed E-state index contributed by atoms with van der Waals surface area (Å²) in [6, 6.07) is 12.8. The van der Waals surface area contributed by atoms with Gasteiger partial charge in [-0.25, -0.2) is 0 Å². The highest BCUT2D eigenvalue weighted by Crippen LogP contribution is 2.29. The van der Waals surface area contributed by atoms with E-state index in [0.29, 0.717) is 48.3 Å². The fraction of sp³-hybridized carbons (Fsp3) is 0.316. The molecule has 1 atom stereocenters. The number of halogens is 1. The van der Waals surface area contributed by atoms with Crippen LogP contribution in [0.1, 0.15) is 15.9 Å². The van der Waals surface area contributed by atoms with Crippen LogP contribution in [0.25, 0.3) is 0 Å². The molecule has 2 aromatic rings. The summed E-state index contributed by atoms with van der Waals surface area (Å²) in [7, 11) is 0. The first-order chi connectivity index (χ1) is 12.6. The molecule has 1 amide bonds. The second kappa shape index (κ2) is 8.89. The third-order valence-electron chi connectivity index (χ3n) is 4.08. The molecule has 26 heavy (non-hydrogen) atoms. The van der Waals surface area contributed by atoms with Crippen LogP contribution in [0.4, 0.5) is 5.69 Å². The minimum atomic E-state index is -0.274. The zero-order valence-electron chi connectivity index (χ0n) is 14.3. The van der Waals surface area contributed by atoms with Crippen LogP contribution in [0.2, 0.25) is 5.02 Å². The summed E-state index contributed by atoms with van der Waals surface area (Å²) in [5.74, 6) is 0.125. The number of morpholine rings is 1. The number of nitrogen functional groups attached to an aromatic ring is 1. The minimum Gasteiger partial charge on any atom is -0.488 e. The van der Waals surface area contributed by atoms with E-state index in [9.17, 15) is 4.79 Å². The molecule has 1 fully saturated rings. The number of hydrogen-bond donors (Lipinski definition) is 3. The Labute approximate surface area is 157 Å². The van der Waals surface area contributed by atoms with Gasteiger partial charge < -0.3 is 25.8 Å². The number of nitrogens with two attached hydrogens (primary N) is 1. The van der Waals surface area contributed by atoms with Gasteiger partial charge >= 0.3 is 0 Å². The molecule has 0 radical (unpaired) electrons. The smallest absolute Gasteiger partial charge is 0.255 e. The Morgan fingerprint density at radius 3 is 2.88 bits per heavy atom. The average molecular weight is 376 g/mol. The van der Waals surface area contributed by atoms with Gasteiger partial charge in [0, 0.05) is 25.7 Å². The average Bonchev–Trinajstić information content (AvgIpc) is 2.68. The molecule has 138 valence electrons. The van der Waals surface area contributed by atoms with Crippen molar-refractivity contribution in [2.45, 2.75) is 12.7 Å². The van der Waals surface area contributed by atoms with Crippen molar-refractivity contribution in [3.05, 3.63) is 58.6 Å². The van der Waals surface area contributed by atoms with E-state index in [1.165, 1.54) is 6.07 Å². The van der Waals surface area contributed by atoms with E-state index in [2.05, 4.69) is 10.6 Å². The molecule has 6 nitrogen and oxygen atoms in total. The summed E-state index contributed by atoms with van der Waals surface area (Å²) in [4.78, 5) is 12.6. The highest BCUT2D eigenvalue weighted by molar-refractivity contribution is 6.33. The number of anilines is 1.